The molecule has 1 aromatic heterocycles. The number of hydrogen-bond acceptors (Lipinski definition) is 5. The summed E-state index contributed by atoms with van der Waals surface area (Å²) in [7, 11) is 1.36. The van der Waals surface area contributed by atoms with Crippen molar-refractivity contribution in [3.63, 3.8) is 0 Å². The third-order valence-corrected chi connectivity index (χ3v) is 7.21. The first kappa shape index (κ1) is 25.9. The maximum absolute atomic E-state index is 14.0. The Labute approximate surface area is 227 Å². The quantitative estimate of drug-likeness (QED) is 0.237. The number of amides is 1. The number of hydrogen-bond donors (Lipinski definition) is 0. The van der Waals surface area contributed by atoms with Crippen LogP contribution in [0.25, 0.3) is 11.0 Å². The molecule has 1 unspecified atom stereocenters. The van der Waals surface area contributed by atoms with E-state index in [0.717, 1.165) is 40.9 Å². The smallest absolute Gasteiger partial charge is 0.307 e. The molecule has 1 aliphatic rings. The lowest BCUT2D eigenvalue weighted by molar-refractivity contribution is -0.140. The minimum absolute atomic E-state index is 0.0954. The van der Waals surface area contributed by atoms with Crippen LogP contribution in [0.3, 0.4) is 0 Å². The van der Waals surface area contributed by atoms with Crippen LogP contribution in [0.1, 0.15) is 58.2 Å². The van der Waals surface area contributed by atoms with E-state index >= 15 is 0 Å². The molecule has 5 rings (SSSR count). The lowest BCUT2D eigenvalue weighted by Gasteiger charge is -2.33. The van der Waals surface area contributed by atoms with Crippen molar-refractivity contribution in [1.82, 2.24) is 14.9 Å². The molecule has 38 heavy (non-hydrogen) atoms. The van der Waals surface area contributed by atoms with Crippen LogP contribution < -0.4 is 0 Å². The van der Waals surface area contributed by atoms with Crippen molar-refractivity contribution in [3.8, 4) is 0 Å². The van der Waals surface area contributed by atoms with Crippen LogP contribution in [-0.2, 0) is 16.0 Å². The topological polar surface area (TPSA) is 72.4 Å². The van der Waals surface area contributed by atoms with Crippen LogP contribution >= 0.6 is 11.6 Å². The molecule has 1 atom stereocenters. The normalized spacial score (nSPS) is 13.8. The van der Waals surface area contributed by atoms with Crippen molar-refractivity contribution in [1.29, 1.82) is 0 Å². The van der Waals surface area contributed by atoms with Gasteiger partial charge < -0.3 is 9.64 Å². The zero-order chi connectivity index (χ0) is 26.6. The number of esters is 1. The number of ether oxygens (including phenoxy) is 1. The zero-order valence-corrected chi connectivity index (χ0v) is 22.3. The predicted octanol–water partition coefficient (Wildman–Crippen LogP) is 6.34. The molecule has 0 bridgehead atoms. The molecule has 7 heteroatoms. The summed E-state index contributed by atoms with van der Waals surface area (Å²) in [6.07, 6.45) is 2.62. The Balaban J connectivity index is 1.64. The van der Waals surface area contributed by atoms with E-state index in [1.54, 1.807) is 4.90 Å². The standard InChI is InChI=1S/C31H30ClN3O3/c1-20-8-10-23(11-9-20)31(37)35(17-16-28(36)38-2)30(22-12-13-22)29-27(18-21-6-4-3-5-7-21)33-25-15-14-24(32)19-26(25)34-29/h3-11,14-15,19,22,30H,12-13,16-18H2,1-2H3. The summed E-state index contributed by atoms with van der Waals surface area (Å²) >= 11 is 6.32. The van der Waals surface area contributed by atoms with Crippen LogP contribution in [0.15, 0.2) is 72.8 Å². The van der Waals surface area contributed by atoms with E-state index in [0.29, 0.717) is 22.5 Å². The van der Waals surface area contributed by atoms with Gasteiger partial charge in [0.2, 0.25) is 0 Å². The van der Waals surface area contributed by atoms with Gasteiger partial charge >= 0.3 is 5.97 Å². The molecule has 0 spiro atoms. The highest BCUT2D eigenvalue weighted by Gasteiger charge is 2.41. The summed E-state index contributed by atoms with van der Waals surface area (Å²) in [5.41, 5.74) is 5.78. The van der Waals surface area contributed by atoms with Crippen molar-refractivity contribution in [2.75, 3.05) is 13.7 Å². The van der Waals surface area contributed by atoms with Gasteiger partial charge in [-0.15, -0.1) is 0 Å². The number of carbonyl (C=O) groups excluding carboxylic acids is 2. The van der Waals surface area contributed by atoms with Gasteiger partial charge in [0, 0.05) is 23.6 Å². The molecular weight excluding hydrogens is 498 g/mol. The molecule has 0 N–H and O–H groups in total. The van der Waals surface area contributed by atoms with E-state index in [1.807, 2.05) is 67.6 Å². The number of aromatic nitrogens is 2. The predicted molar refractivity (Wildman–Crippen MR) is 148 cm³/mol. The highest BCUT2D eigenvalue weighted by Crippen LogP contribution is 2.46. The molecule has 1 heterocycles. The van der Waals surface area contributed by atoms with Crippen LogP contribution in [0, 0.1) is 12.8 Å². The lowest BCUT2D eigenvalue weighted by atomic mass is 9.98. The van der Waals surface area contributed by atoms with Crippen molar-refractivity contribution in [3.05, 3.63) is 106 Å². The van der Waals surface area contributed by atoms with Crippen LogP contribution in [0.4, 0.5) is 0 Å². The molecule has 0 radical (unpaired) electrons. The summed E-state index contributed by atoms with van der Waals surface area (Å²) in [4.78, 5) is 38.1. The van der Waals surface area contributed by atoms with Gasteiger partial charge in [-0.2, -0.15) is 0 Å². The zero-order valence-electron chi connectivity index (χ0n) is 21.6. The second-order valence-corrected chi connectivity index (χ2v) is 10.3. The average Bonchev–Trinajstić information content (AvgIpc) is 3.77. The Kier molecular flexibility index (Phi) is 7.70. The number of rotatable bonds is 9. The maximum Gasteiger partial charge on any atom is 0.307 e. The van der Waals surface area contributed by atoms with Gasteiger partial charge in [-0.3, -0.25) is 9.59 Å². The number of benzene rings is 3. The summed E-state index contributed by atoms with van der Waals surface area (Å²) in [5.74, 6) is -0.269. The number of carbonyl (C=O) groups is 2. The van der Waals surface area contributed by atoms with Gasteiger partial charge in [-0.25, -0.2) is 9.97 Å². The van der Waals surface area contributed by atoms with Gasteiger partial charge in [0.15, 0.2) is 0 Å². The average molecular weight is 528 g/mol. The molecule has 6 nitrogen and oxygen atoms in total. The molecule has 0 saturated heterocycles. The Bertz CT molecular complexity index is 1450. The number of fused-ring (bicyclic) bond motifs is 1. The van der Waals surface area contributed by atoms with Crippen LogP contribution in [0.5, 0.6) is 0 Å². The molecule has 194 valence electrons. The maximum atomic E-state index is 14.0. The van der Waals surface area contributed by atoms with Gasteiger partial charge in [-0.05, 0) is 61.6 Å². The Morgan fingerprint density at radius 1 is 1.00 bits per heavy atom. The Morgan fingerprint density at radius 2 is 1.74 bits per heavy atom. The van der Waals surface area contributed by atoms with Gasteiger partial charge in [-0.1, -0.05) is 59.6 Å². The molecular formula is C31H30ClN3O3. The van der Waals surface area contributed by atoms with E-state index in [-0.39, 0.29) is 36.8 Å². The fourth-order valence-corrected chi connectivity index (χ4v) is 4.98. The van der Waals surface area contributed by atoms with Crippen molar-refractivity contribution in [2.45, 2.75) is 38.6 Å². The highest BCUT2D eigenvalue weighted by molar-refractivity contribution is 6.31. The molecule has 1 amide bonds. The SMILES string of the molecule is COC(=O)CCN(C(=O)c1ccc(C)cc1)C(c1nc2cc(Cl)ccc2nc1Cc1ccccc1)C1CC1. The molecule has 1 saturated carbocycles. The second-order valence-electron chi connectivity index (χ2n) is 9.82. The second kappa shape index (κ2) is 11.3. The van der Waals surface area contributed by atoms with Gasteiger partial charge in [0.1, 0.15) is 0 Å². The summed E-state index contributed by atoms with van der Waals surface area (Å²) in [6.45, 7) is 2.21. The minimum Gasteiger partial charge on any atom is -0.469 e. The third kappa shape index (κ3) is 5.86. The number of aryl methyl sites for hydroxylation is 1. The van der Waals surface area contributed by atoms with Crippen molar-refractivity contribution < 1.29 is 14.3 Å². The first-order valence-corrected chi connectivity index (χ1v) is 13.2. The summed E-state index contributed by atoms with van der Waals surface area (Å²) in [5, 5.41) is 0.579. The van der Waals surface area contributed by atoms with Crippen LogP contribution in [-0.4, -0.2) is 40.4 Å². The molecule has 1 fully saturated rings. The van der Waals surface area contributed by atoms with Gasteiger partial charge in [0.25, 0.3) is 5.91 Å². The third-order valence-electron chi connectivity index (χ3n) is 6.97. The molecule has 3 aromatic carbocycles. The summed E-state index contributed by atoms with van der Waals surface area (Å²) in [6, 6.07) is 22.8. The fourth-order valence-electron chi connectivity index (χ4n) is 4.81. The van der Waals surface area contributed by atoms with Crippen LogP contribution in [0.2, 0.25) is 5.02 Å². The molecule has 1 aliphatic carbocycles. The lowest BCUT2D eigenvalue weighted by Crippen LogP contribution is -2.39. The highest BCUT2D eigenvalue weighted by atomic mass is 35.5. The fraction of sp³-hybridized carbons (Fsp3) is 0.290. The van der Waals surface area contributed by atoms with Gasteiger partial charge in [0.05, 0.1) is 42.0 Å². The van der Waals surface area contributed by atoms with Crippen molar-refractivity contribution in [2.24, 2.45) is 5.92 Å². The van der Waals surface area contributed by atoms with E-state index in [2.05, 4.69) is 12.1 Å². The van der Waals surface area contributed by atoms with E-state index in [4.69, 9.17) is 26.3 Å². The number of nitrogens with zero attached hydrogens (tertiary/aromatic N) is 3. The van der Waals surface area contributed by atoms with E-state index in [9.17, 15) is 9.59 Å². The summed E-state index contributed by atoms with van der Waals surface area (Å²) < 4.78 is 4.92. The van der Waals surface area contributed by atoms with E-state index in [1.165, 1.54) is 7.11 Å². The molecule has 4 aromatic rings. The minimum atomic E-state index is -0.359. The van der Waals surface area contributed by atoms with E-state index < -0.39 is 0 Å². The van der Waals surface area contributed by atoms with Crippen molar-refractivity contribution >= 4 is 34.5 Å². The molecule has 0 aliphatic heterocycles. The number of methoxy groups -OCH3 is 1. The monoisotopic (exact) mass is 527 g/mol. The Morgan fingerprint density at radius 3 is 2.42 bits per heavy atom. The Hall–Kier alpha value is -3.77. The first-order chi connectivity index (χ1) is 18.4. The largest absolute Gasteiger partial charge is 0.469 e. The number of halogens is 1. The first-order valence-electron chi connectivity index (χ1n) is 12.9.